The molecule has 3 aliphatic rings. The second-order valence-electron chi connectivity index (χ2n) is 7.97. The van der Waals surface area contributed by atoms with E-state index in [-0.39, 0.29) is 49.6 Å². The van der Waals surface area contributed by atoms with E-state index in [9.17, 15) is 23.5 Å². The fraction of sp³-hybridized carbons (Fsp3) is 0.722. The molecule has 0 saturated heterocycles. The van der Waals surface area contributed by atoms with Crippen molar-refractivity contribution in [2.45, 2.75) is 68.9 Å². The van der Waals surface area contributed by atoms with Crippen LogP contribution in [0.25, 0.3) is 0 Å². The number of aromatic nitrogens is 1. The van der Waals surface area contributed by atoms with E-state index in [2.05, 4.69) is 10.3 Å². The monoisotopic (exact) mass is 399 g/mol. The van der Waals surface area contributed by atoms with E-state index >= 15 is 0 Å². The molecule has 3 aliphatic carbocycles. The summed E-state index contributed by atoms with van der Waals surface area (Å²) in [6, 6.07) is -0.291. The summed E-state index contributed by atoms with van der Waals surface area (Å²) in [6.07, 6.45) is 2.18. The maximum absolute atomic E-state index is 13.2. The first-order valence-electron chi connectivity index (χ1n) is 9.46. The predicted molar refractivity (Wildman–Crippen MR) is 95.4 cm³/mol. The summed E-state index contributed by atoms with van der Waals surface area (Å²) in [4.78, 5) is 29.8. The highest BCUT2D eigenvalue weighted by molar-refractivity contribution is 7.11. The lowest BCUT2D eigenvalue weighted by molar-refractivity contribution is -0.0399. The Balaban J connectivity index is 1.32. The topological polar surface area (TPSA) is 82.5 Å². The van der Waals surface area contributed by atoms with Gasteiger partial charge in [0.1, 0.15) is 0 Å². The molecule has 3 saturated carbocycles. The number of hydrogen-bond donors (Lipinski definition) is 2. The van der Waals surface area contributed by atoms with Gasteiger partial charge in [0.05, 0.1) is 5.69 Å². The Morgan fingerprint density at radius 1 is 1.30 bits per heavy atom. The van der Waals surface area contributed by atoms with E-state index in [1.165, 1.54) is 16.2 Å². The van der Waals surface area contributed by atoms with Gasteiger partial charge in [0.25, 0.3) is 5.91 Å². The van der Waals surface area contributed by atoms with Crippen LogP contribution in [0, 0.1) is 5.92 Å². The Morgan fingerprint density at radius 3 is 2.63 bits per heavy atom. The summed E-state index contributed by atoms with van der Waals surface area (Å²) in [7, 11) is 0. The van der Waals surface area contributed by atoms with Crippen LogP contribution in [0.2, 0.25) is 0 Å². The van der Waals surface area contributed by atoms with Gasteiger partial charge in [-0.15, -0.1) is 11.3 Å². The van der Waals surface area contributed by atoms with Crippen LogP contribution >= 0.6 is 11.3 Å². The van der Waals surface area contributed by atoms with E-state index in [0.717, 1.165) is 25.0 Å². The lowest BCUT2D eigenvalue weighted by Crippen LogP contribution is -2.40. The summed E-state index contributed by atoms with van der Waals surface area (Å²) in [5.41, 5.74) is 0.757. The first-order valence-corrected chi connectivity index (χ1v) is 10.3. The summed E-state index contributed by atoms with van der Waals surface area (Å²) >= 11 is 1.23. The third-order valence-electron chi connectivity index (χ3n) is 5.70. The fourth-order valence-corrected chi connectivity index (χ4v) is 4.55. The Labute approximate surface area is 160 Å². The number of halogens is 2. The van der Waals surface area contributed by atoms with Crippen molar-refractivity contribution in [3.8, 4) is 0 Å². The van der Waals surface area contributed by atoms with E-state index < -0.39 is 12.0 Å². The molecule has 0 aliphatic heterocycles. The molecule has 9 heteroatoms. The molecule has 0 aromatic carbocycles. The van der Waals surface area contributed by atoms with Crippen LogP contribution in [0.1, 0.15) is 66.4 Å². The summed E-state index contributed by atoms with van der Waals surface area (Å²) in [6.45, 7) is 0.584. The molecule has 2 unspecified atom stereocenters. The van der Waals surface area contributed by atoms with Gasteiger partial charge in [0.2, 0.25) is 5.92 Å². The third kappa shape index (κ3) is 4.39. The normalized spacial score (nSPS) is 27.2. The van der Waals surface area contributed by atoms with Gasteiger partial charge in [-0.3, -0.25) is 4.79 Å². The van der Waals surface area contributed by atoms with Crippen molar-refractivity contribution in [3.63, 3.8) is 0 Å². The maximum atomic E-state index is 13.2. The predicted octanol–water partition coefficient (Wildman–Crippen LogP) is 3.70. The van der Waals surface area contributed by atoms with E-state index in [4.69, 9.17) is 0 Å². The molecular formula is C18H23F2N3O3S. The Bertz CT molecular complexity index is 727. The van der Waals surface area contributed by atoms with Crippen LogP contribution < -0.4 is 5.32 Å². The van der Waals surface area contributed by atoms with Gasteiger partial charge in [-0.05, 0) is 38.0 Å². The molecule has 2 atom stereocenters. The molecule has 2 amide bonds. The first-order chi connectivity index (χ1) is 12.8. The largest absolute Gasteiger partial charge is 0.465 e. The molecule has 1 aromatic heterocycles. The molecule has 3 fully saturated rings. The molecular weight excluding hydrogens is 376 g/mol. The summed E-state index contributed by atoms with van der Waals surface area (Å²) in [5, 5.41) is 14.4. The quantitative estimate of drug-likeness (QED) is 0.764. The second-order valence-corrected chi connectivity index (χ2v) is 8.83. The Hall–Kier alpha value is -1.77. The van der Waals surface area contributed by atoms with Crippen LogP contribution in [0.3, 0.4) is 0 Å². The number of thiazole rings is 1. The minimum Gasteiger partial charge on any atom is -0.465 e. The average molecular weight is 399 g/mol. The number of alkyl halides is 2. The van der Waals surface area contributed by atoms with Crippen molar-refractivity contribution in [3.05, 3.63) is 16.1 Å². The number of hydrogen-bond acceptors (Lipinski definition) is 4. The summed E-state index contributed by atoms with van der Waals surface area (Å²) < 4.78 is 26.4. The van der Waals surface area contributed by atoms with Gasteiger partial charge in [-0.2, -0.15) is 0 Å². The minimum absolute atomic E-state index is 0.0472. The van der Waals surface area contributed by atoms with Gasteiger partial charge in [0, 0.05) is 42.8 Å². The number of amides is 2. The van der Waals surface area contributed by atoms with Crippen LogP contribution in [0.5, 0.6) is 0 Å². The average Bonchev–Trinajstić information content (AvgIpc) is 3.53. The smallest absolute Gasteiger partial charge is 0.407 e. The van der Waals surface area contributed by atoms with Crippen LogP contribution in [-0.2, 0) is 0 Å². The molecule has 4 rings (SSSR count). The van der Waals surface area contributed by atoms with E-state index in [1.807, 2.05) is 5.38 Å². The third-order valence-corrected chi connectivity index (χ3v) is 6.56. The van der Waals surface area contributed by atoms with Gasteiger partial charge in [0.15, 0.2) is 5.01 Å². The van der Waals surface area contributed by atoms with E-state index in [0.29, 0.717) is 17.5 Å². The van der Waals surface area contributed by atoms with Crippen molar-refractivity contribution in [2.75, 3.05) is 6.54 Å². The molecule has 27 heavy (non-hydrogen) atoms. The molecule has 1 aromatic rings. The SMILES string of the molecule is O=C(NC1CCC(F)(F)CC1)c1nc(C2CC2N(CC2CC2)C(=O)O)cs1. The van der Waals surface area contributed by atoms with Crippen molar-refractivity contribution in [1.82, 2.24) is 15.2 Å². The highest BCUT2D eigenvalue weighted by Gasteiger charge is 2.47. The van der Waals surface area contributed by atoms with Crippen LogP contribution in [-0.4, -0.2) is 51.5 Å². The maximum Gasteiger partial charge on any atom is 0.407 e. The number of carbonyl (C=O) groups excluding carboxylic acids is 1. The number of rotatable bonds is 6. The molecule has 2 N–H and O–H groups in total. The highest BCUT2D eigenvalue weighted by Crippen LogP contribution is 2.46. The standard InChI is InChI=1S/C18H23F2N3O3S/c19-18(20)5-3-11(4-6-18)21-15(24)16-22-13(9-27-16)12-7-14(12)23(17(25)26)8-10-1-2-10/h9-12,14H,1-8H2,(H,21,24)(H,25,26). The molecule has 0 radical (unpaired) electrons. The zero-order chi connectivity index (χ0) is 19.2. The van der Waals surface area contributed by atoms with Crippen molar-refractivity contribution >= 4 is 23.3 Å². The minimum atomic E-state index is -2.62. The number of carbonyl (C=O) groups is 2. The van der Waals surface area contributed by atoms with Gasteiger partial charge >= 0.3 is 6.09 Å². The molecule has 148 valence electrons. The lowest BCUT2D eigenvalue weighted by Gasteiger charge is -2.28. The highest BCUT2D eigenvalue weighted by atomic mass is 32.1. The van der Waals surface area contributed by atoms with Crippen molar-refractivity contribution in [1.29, 1.82) is 0 Å². The Morgan fingerprint density at radius 2 is 2.00 bits per heavy atom. The molecule has 1 heterocycles. The first kappa shape index (κ1) is 18.6. The summed E-state index contributed by atoms with van der Waals surface area (Å²) in [5.74, 6) is -2.41. The molecule has 6 nitrogen and oxygen atoms in total. The molecule has 0 spiro atoms. The molecule has 0 bridgehead atoms. The van der Waals surface area contributed by atoms with Gasteiger partial charge in [-0.1, -0.05) is 0 Å². The van der Waals surface area contributed by atoms with Gasteiger partial charge < -0.3 is 15.3 Å². The number of nitrogens with zero attached hydrogens (tertiary/aromatic N) is 2. The second kappa shape index (κ2) is 7.00. The van der Waals surface area contributed by atoms with Crippen molar-refractivity contribution in [2.24, 2.45) is 5.92 Å². The van der Waals surface area contributed by atoms with Crippen molar-refractivity contribution < 1.29 is 23.5 Å². The lowest BCUT2D eigenvalue weighted by atomic mass is 9.92. The van der Waals surface area contributed by atoms with Crippen LogP contribution in [0.15, 0.2) is 5.38 Å². The number of nitrogens with one attached hydrogen (secondary N) is 1. The van der Waals surface area contributed by atoms with E-state index in [1.54, 1.807) is 0 Å². The zero-order valence-electron chi connectivity index (χ0n) is 14.9. The fourth-order valence-electron chi connectivity index (χ4n) is 3.77. The number of carboxylic acid groups (broad SMARTS) is 1. The zero-order valence-corrected chi connectivity index (χ0v) is 15.7. The van der Waals surface area contributed by atoms with Crippen LogP contribution in [0.4, 0.5) is 13.6 Å². The Kier molecular flexibility index (Phi) is 4.82. The van der Waals surface area contributed by atoms with Gasteiger partial charge in [-0.25, -0.2) is 18.6 Å².